The number of hydrogen-bond donors (Lipinski definition) is 1. The molecule has 1 aliphatic heterocycles. The first-order chi connectivity index (χ1) is 11.9. The van der Waals surface area contributed by atoms with E-state index in [1.165, 1.54) is 0 Å². The Bertz CT molecular complexity index is 895. The average molecular weight is 423 g/mol. The van der Waals surface area contributed by atoms with E-state index in [0.29, 0.717) is 25.2 Å². The molecule has 0 saturated heterocycles. The summed E-state index contributed by atoms with van der Waals surface area (Å²) >= 11 is 3.30. The average Bonchev–Trinajstić information content (AvgIpc) is 2.60. The number of nitrogens with one attached hydrogen (secondary N) is 1. The summed E-state index contributed by atoms with van der Waals surface area (Å²) < 4.78 is 28.5. The molecular formula is C18H19BrN2O3S. The summed E-state index contributed by atoms with van der Waals surface area (Å²) in [5.41, 5.74) is 2.66. The van der Waals surface area contributed by atoms with Gasteiger partial charge in [0.1, 0.15) is 0 Å². The van der Waals surface area contributed by atoms with Crippen LogP contribution in [0.4, 0.5) is 5.69 Å². The summed E-state index contributed by atoms with van der Waals surface area (Å²) in [5.74, 6) is 0.117. The molecule has 1 N–H and O–H groups in total. The molecule has 2 aromatic rings. The monoisotopic (exact) mass is 422 g/mol. The molecule has 0 fully saturated rings. The zero-order valence-electron chi connectivity index (χ0n) is 13.8. The lowest BCUT2D eigenvalue weighted by atomic mass is 9.99. The number of halogens is 1. The lowest BCUT2D eigenvalue weighted by Gasteiger charge is -2.29. The predicted octanol–water partition coefficient (Wildman–Crippen LogP) is 3.54. The summed E-state index contributed by atoms with van der Waals surface area (Å²) in [6.45, 7) is 3.08. The van der Waals surface area contributed by atoms with Gasteiger partial charge in [0, 0.05) is 29.7 Å². The van der Waals surface area contributed by atoms with Crippen molar-refractivity contribution in [3.63, 3.8) is 0 Å². The number of nitrogens with zero attached hydrogens (tertiary/aromatic N) is 1. The lowest BCUT2D eigenvalue weighted by molar-refractivity contribution is -0.131. The Kier molecular flexibility index (Phi) is 5.15. The molecule has 0 atom stereocenters. The van der Waals surface area contributed by atoms with E-state index in [4.69, 9.17) is 0 Å². The van der Waals surface area contributed by atoms with Gasteiger partial charge in [-0.2, -0.15) is 0 Å². The molecular weight excluding hydrogens is 404 g/mol. The molecule has 0 spiro atoms. The standard InChI is InChI=1S/C18H19BrN2O3S/c1-2-18(22)21-10-9-13-3-6-16(11-14(13)12-21)20-25(23,24)17-7-4-15(19)5-8-17/h3-8,11,20H,2,9-10,12H2,1H3. The van der Waals surface area contributed by atoms with E-state index in [1.54, 1.807) is 30.3 Å². The lowest BCUT2D eigenvalue weighted by Crippen LogP contribution is -2.35. The van der Waals surface area contributed by atoms with Crippen molar-refractivity contribution < 1.29 is 13.2 Å². The van der Waals surface area contributed by atoms with E-state index >= 15 is 0 Å². The highest BCUT2D eigenvalue weighted by Gasteiger charge is 2.21. The van der Waals surface area contributed by atoms with Crippen LogP contribution in [-0.2, 0) is 27.8 Å². The largest absolute Gasteiger partial charge is 0.338 e. The Morgan fingerprint density at radius 1 is 1.16 bits per heavy atom. The molecule has 0 saturated carbocycles. The van der Waals surface area contributed by atoms with Crippen LogP contribution in [0.5, 0.6) is 0 Å². The molecule has 3 rings (SSSR count). The SMILES string of the molecule is CCC(=O)N1CCc2ccc(NS(=O)(=O)c3ccc(Br)cc3)cc2C1. The zero-order chi connectivity index (χ0) is 18.0. The number of carbonyl (C=O) groups excluding carboxylic acids is 1. The quantitative estimate of drug-likeness (QED) is 0.818. The van der Waals surface area contributed by atoms with Crippen molar-refractivity contribution >= 4 is 37.5 Å². The maximum Gasteiger partial charge on any atom is 0.261 e. The van der Waals surface area contributed by atoms with Gasteiger partial charge in [0.15, 0.2) is 0 Å². The van der Waals surface area contributed by atoms with E-state index in [1.807, 2.05) is 24.0 Å². The maximum atomic E-state index is 12.5. The molecule has 0 aromatic heterocycles. The van der Waals surface area contributed by atoms with Gasteiger partial charge in [-0.25, -0.2) is 8.42 Å². The third-order valence-corrected chi connectivity index (χ3v) is 6.18. The van der Waals surface area contributed by atoms with Crippen LogP contribution in [0.15, 0.2) is 51.8 Å². The van der Waals surface area contributed by atoms with Crippen LogP contribution < -0.4 is 4.72 Å². The van der Waals surface area contributed by atoms with Gasteiger partial charge in [-0.3, -0.25) is 9.52 Å². The highest BCUT2D eigenvalue weighted by Crippen LogP contribution is 2.25. The van der Waals surface area contributed by atoms with Gasteiger partial charge < -0.3 is 4.90 Å². The number of fused-ring (bicyclic) bond motifs is 1. The molecule has 0 aliphatic carbocycles. The predicted molar refractivity (Wildman–Crippen MR) is 101 cm³/mol. The fourth-order valence-electron chi connectivity index (χ4n) is 2.88. The van der Waals surface area contributed by atoms with Crippen molar-refractivity contribution in [2.75, 3.05) is 11.3 Å². The molecule has 1 amide bonds. The number of amides is 1. The van der Waals surface area contributed by atoms with Crippen LogP contribution in [0.2, 0.25) is 0 Å². The number of rotatable bonds is 4. The van der Waals surface area contributed by atoms with Crippen LogP contribution in [-0.4, -0.2) is 25.8 Å². The van der Waals surface area contributed by atoms with Crippen molar-refractivity contribution in [1.82, 2.24) is 4.90 Å². The van der Waals surface area contributed by atoms with Crippen LogP contribution in [0.3, 0.4) is 0 Å². The molecule has 0 unspecified atom stereocenters. The smallest absolute Gasteiger partial charge is 0.261 e. The summed E-state index contributed by atoms with van der Waals surface area (Å²) in [7, 11) is -3.64. The first-order valence-corrected chi connectivity index (χ1v) is 10.3. The van der Waals surface area contributed by atoms with Gasteiger partial charge in [0.2, 0.25) is 5.91 Å². The molecule has 1 heterocycles. The number of carbonyl (C=O) groups is 1. The number of anilines is 1. The topological polar surface area (TPSA) is 66.5 Å². The van der Waals surface area contributed by atoms with Crippen molar-refractivity contribution in [3.05, 3.63) is 58.1 Å². The number of benzene rings is 2. The summed E-state index contributed by atoms with van der Waals surface area (Å²) in [4.78, 5) is 13.9. The van der Waals surface area contributed by atoms with Crippen molar-refractivity contribution in [2.45, 2.75) is 31.2 Å². The minimum Gasteiger partial charge on any atom is -0.338 e. The Balaban J connectivity index is 1.82. The van der Waals surface area contributed by atoms with Gasteiger partial charge in [-0.15, -0.1) is 0 Å². The second-order valence-electron chi connectivity index (χ2n) is 5.96. The normalized spacial score (nSPS) is 14.1. The first kappa shape index (κ1) is 17.9. The first-order valence-electron chi connectivity index (χ1n) is 8.07. The van der Waals surface area contributed by atoms with Crippen LogP contribution in [0, 0.1) is 0 Å². The van der Waals surface area contributed by atoms with E-state index in [2.05, 4.69) is 20.7 Å². The Labute approximate surface area is 156 Å². The fraction of sp³-hybridized carbons (Fsp3) is 0.278. The second-order valence-corrected chi connectivity index (χ2v) is 8.56. The summed E-state index contributed by atoms with van der Waals surface area (Å²) in [6.07, 6.45) is 1.27. The molecule has 1 aliphatic rings. The molecule has 7 heteroatoms. The summed E-state index contributed by atoms with van der Waals surface area (Å²) in [6, 6.07) is 12.0. The molecule has 2 aromatic carbocycles. The molecule has 0 bridgehead atoms. The van der Waals surface area contributed by atoms with Crippen molar-refractivity contribution in [1.29, 1.82) is 0 Å². The fourth-order valence-corrected chi connectivity index (χ4v) is 4.20. The highest BCUT2D eigenvalue weighted by molar-refractivity contribution is 9.10. The minimum absolute atomic E-state index is 0.117. The van der Waals surface area contributed by atoms with Crippen LogP contribution in [0.1, 0.15) is 24.5 Å². The summed E-state index contributed by atoms with van der Waals surface area (Å²) in [5, 5.41) is 0. The zero-order valence-corrected chi connectivity index (χ0v) is 16.2. The van der Waals surface area contributed by atoms with Crippen molar-refractivity contribution in [3.8, 4) is 0 Å². The third-order valence-electron chi connectivity index (χ3n) is 4.25. The van der Waals surface area contributed by atoms with Gasteiger partial charge >= 0.3 is 0 Å². The molecule has 132 valence electrons. The Morgan fingerprint density at radius 2 is 1.88 bits per heavy atom. The van der Waals surface area contributed by atoms with Gasteiger partial charge in [-0.1, -0.05) is 28.9 Å². The van der Waals surface area contributed by atoms with E-state index in [0.717, 1.165) is 22.0 Å². The number of sulfonamides is 1. The molecule has 0 radical (unpaired) electrons. The molecule has 5 nitrogen and oxygen atoms in total. The van der Waals surface area contributed by atoms with Crippen LogP contribution in [0.25, 0.3) is 0 Å². The van der Waals surface area contributed by atoms with Crippen LogP contribution >= 0.6 is 15.9 Å². The Morgan fingerprint density at radius 3 is 2.56 bits per heavy atom. The maximum absolute atomic E-state index is 12.5. The highest BCUT2D eigenvalue weighted by atomic mass is 79.9. The molecule has 25 heavy (non-hydrogen) atoms. The third kappa shape index (κ3) is 4.04. The van der Waals surface area contributed by atoms with Gasteiger partial charge in [0.25, 0.3) is 10.0 Å². The Hall–Kier alpha value is -1.86. The second kappa shape index (κ2) is 7.17. The van der Waals surface area contributed by atoms with E-state index in [9.17, 15) is 13.2 Å². The minimum atomic E-state index is -3.64. The van der Waals surface area contributed by atoms with Gasteiger partial charge in [0.05, 0.1) is 4.90 Å². The van der Waals surface area contributed by atoms with Crippen molar-refractivity contribution in [2.24, 2.45) is 0 Å². The van der Waals surface area contributed by atoms with E-state index < -0.39 is 10.0 Å². The van der Waals surface area contributed by atoms with E-state index in [-0.39, 0.29) is 10.8 Å². The van der Waals surface area contributed by atoms with Gasteiger partial charge in [-0.05, 0) is 53.9 Å². The number of hydrogen-bond acceptors (Lipinski definition) is 3.